The molecule has 2 N–H and O–H groups in total. The van der Waals surface area contributed by atoms with E-state index in [1.54, 1.807) is 31.2 Å². The number of hydrogen-bond acceptors (Lipinski definition) is 4. The first-order chi connectivity index (χ1) is 10.0. The van der Waals surface area contributed by atoms with E-state index in [2.05, 4.69) is 10.3 Å². The Bertz CT molecular complexity index is 681. The van der Waals surface area contributed by atoms with Gasteiger partial charge in [-0.05, 0) is 24.6 Å². The normalized spacial score (nSPS) is 10.0. The third kappa shape index (κ3) is 3.17. The molecule has 1 aromatic heterocycles. The Hall–Kier alpha value is -2.89. The van der Waals surface area contributed by atoms with Crippen LogP contribution in [0.2, 0.25) is 0 Å². The topological polar surface area (TPSA) is 88.5 Å². The van der Waals surface area contributed by atoms with Crippen molar-refractivity contribution in [3.63, 3.8) is 0 Å². The largest absolute Gasteiger partial charge is 0.481 e. The zero-order valence-corrected chi connectivity index (χ0v) is 11.6. The lowest BCUT2D eigenvalue weighted by molar-refractivity contribution is 0.0698. The van der Waals surface area contributed by atoms with E-state index < -0.39 is 11.9 Å². The van der Waals surface area contributed by atoms with E-state index in [9.17, 15) is 9.59 Å². The Morgan fingerprint density at radius 3 is 2.57 bits per heavy atom. The molecule has 6 nitrogen and oxygen atoms in total. The molecule has 0 bridgehead atoms. The molecular weight excluding hydrogens is 272 g/mol. The summed E-state index contributed by atoms with van der Waals surface area (Å²) in [4.78, 5) is 27.3. The zero-order chi connectivity index (χ0) is 15.4. The minimum atomic E-state index is -1.10. The van der Waals surface area contributed by atoms with Gasteiger partial charge in [0.1, 0.15) is 0 Å². The number of pyridine rings is 1. The smallest absolute Gasteiger partial charge is 0.337 e. The van der Waals surface area contributed by atoms with Gasteiger partial charge in [-0.1, -0.05) is 12.1 Å². The summed E-state index contributed by atoms with van der Waals surface area (Å²) in [5.74, 6) is -1.13. The number of carboxylic acids is 1. The molecule has 0 spiro atoms. The first-order valence-corrected chi connectivity index (χ1v) is 6.17. The van der Waals surface area contributed by atoms with Crippen LogP contribution < -0.4 is 10.1 Å². The number of hydrogen-bond donors (Lipinski definition) is 2. The van der Waals surface area contributed by atoms with Gasteiger partial charge in [-0.3, -0.25) is 4.79 Å². The zero-order valence-electron chi connectivity index (χ0n) is 11.6. The fraction of sp³-hybridized carbons (Fsp3) is 0.133. The molecule has 1 heterocycles. The fourth-order valence-corrected chi connectivity index (χ4v) is 1.83. The van der Waals surface area contributed by atoms with Gasteiger partial charge in [0.2, 0.25) is 5.88 Å². The van der Waals surface area contributed by atoms with Crippen LogP contribution in [0, 0.1) is 6.92 Å². The molecule has 0 saturated carbocycles. The van der Waals surface area contributed by atoms with Gasteiger partial charge < -0.3 is 15.2 Å². The highest BCUT2D eigenvalue weighted by Crippen LogP contribution is 2.21. The van der Waals surface area contributed by atoms with Gasteiger partial charge in [0.05, 0.1) is 23.9 Å². The summed E-state index contributed by atoms with van der Waals surface area (Å²) in [7, 11) is 1.48. The van der Waals surface area contributed by atoms with E-state index >= 15 is 0 Å². The monoisotopic (exact) mass is 286 g/mol. The van der Waals surface area contributed by atoms with Crippen molar-refractivity contribution in [2.75, 3.05) is 12.4 Å². The van der Waals surface area contributed by atoms with Crippen molar-refractivity contribution in [1.82, 2.24) is 4.98 Å². The first-order valence-electron chi connectivity index (χ1n) is 6.17. The van der Waals surface area contributed by atoms with Crippen LogP contribution in [-0.2, 0) is 0 Å². The number of nitrogens with one attached hydrogen (secondary N) is 1. The molecule has 2 aromatic rings. The third-order valence-corrected chi connectivity index (χ3v) is 2.95. The van der Waals surface area contributed by atoms with Gasteiger partial charge in [-0.15, -0.1) is 0 Å². The number of carboxylic acid groups (broad SMARTS) is 1. The van der Waals surface area contributed by atoms with E-state index in [0.29, 0.717) is 17.0 Å². The Kier molecular flexibility index (Phi) is 4.18. The average Bonchev–Trinajstić information content (AvgIpc) is 2.49. The van der Waals surface area contributed by atoms with Crippen LogP contribution in [0.5, 0.6) is 5.88 Å². The summed E-state index contributed by atoms with van der Waals surface area (Å²) in [5.41, 5.74) is 1.32. The molecule has 0 atom stereocenters. The standard InChI is InChI=1S/C15H14N2O4/c1-9-4-3-5-11(15(19)20)13(9)17-14(18)10-6-7-12(21-2)16-8-10/h3-8H,1-2H3,(H,17,18)(H,19,20). The summed E-state index contributed by atoms with van der Waals surface area (Å²) in [5, 5.41) is 11.8. The predicted molar refractivity (Wildman–Crippen MR) is 76.9 cm³/mol. The number of aryl methyl sites for hydroxylation is 1. The van der Waals surface area contributed by atoms with Crippen LogP contribution in [0.4, 0.5) is 5.69 Å². The molecule has 108 valence electrons. The Labute approximate surface area is 121 Å². The fourth-order valence-electron chi connectivity index (χ4n) is 1.83. The van der Waals surface area contributed by atoms with Gasteiger partial charge in [-0.2, -0.15) is 0 Å². The number of aromatic nitrogens is 1. The van der Waals surface area contributed by atoms with Crippen LogP contribution in [0.1, 0.15) is 26.3 Å². The maximum Gasteiger partial charge on any atom is 0.337 e. The minimum absolute atomic E-state index is 0.0461. The van der Waals surface area contributed by atoms with E-state index in [0.717, 1.165) is 0 Å². The van der Waals surface area contributed by atoms with E-state index in [1.807, 2.05) is 0 Å². The molecule has 6 heteroatoms. The Morgan fingerprint density at radius 2 is 2.00 bits per heavy atom. The van der Waals surface area contributed by atoms with Gasteiger partial charge in [0.15, 0.2) is 0 Å². The second kappa shape index (κ2) is 6.04. The van der Waals surface area contributed by atoms with Crippen molar-refractivity contribution >= 4 is 17.6 Å². The quantitative estimate of drug-likeness (QED) is 0.900. The minimum Gasteiger partial charge on any atom is -0.481 e. The summed E-state index contributed by atoms with van der Waals surface area (Å²) >= 11 is 0. The molecule has 0 aliphatic carbocycles. The summed E-state index contributed by atoms with van der Waals surface area (Å²) in [6.45, 7) is 1.73. The van der Waals surface area contributed by atoms with Crippen LogP contribution in [0.15, 0.2) is 36.5 Å². The van der Waals surface area contributed by atoms with Crippen molar-refractivity contribution in [3.8, 4) is 5.88 Å². The highest BCUT2D eigenvalue weighted by molar-refractivity contribution is 6.08. The molecule has 0 aliphatic rings. The van der Waals surface area contributed by atoms with Gasteiger partial charge in [0.25, 0.3) is 5.91 Å². The molecule has 1 amide bonds. The molecule has 0 saturated heterocycles. The lowest BCUT2D eigenvalue weighted by Gasteiger charge is -2.11. The molecule has 0 aliphatic heterocycles. The lowest BCUT2D eigenvalue weighted by atomic mass is 10.1. The van der Waals surface area contributed by atoms with Crippen molar-refractivity contribution in [2.45, 2.75) is 6.92 Å². The second-order valence-corrected chi connectivity index (χ2v) is 4.35. The SMILES string of the molecule is COc1ccc(C(=O)Nc2c(C)cccc2C(=O)O)cn1. The number of carbonyl (C=O) groups is 2. The average molecular weight is 286 g/mol. The van der Waals surface area contributed by atoms with Crippen molar-refractivity contribution in [1.29, 1.82) is 0 Å². The number of anilines is 1. The summed E-state index contributed by atoms with van der Waals surface area (Å²) in [6.07, 6.45) is 1.37. The number of carbonyl (C=O) groups excluding carboxylic acids is 1. The Morgan fingerprint density at radius 1 is 1.24 bits per heavy atom. The number of ether oxygens (including phenoxy) is 1. The number of benzene rings is 1. The maximum absolute atomic E-state index is 12.2. The highest BCUT2D eigenvalue weighted by Gasteiger charge is 2.15. The first kappa shape index (κ1) is 14.5. The lowest BCUT2D eigenvalue weighted by Crippen LogP contribution is -2.16. The number of para-hydroxylation sites is 1. The molecule has 0 radical (unpaired) electrons. The van der Waals surface area contributed by atoms with Crippen molar-refractivity contribution in [2.24, 2.45) is 0 Å². The maximum atomic E-state index is 12.2. The molecule has 21 heavy (non-hydrogen) atoms. The van der Waals surface area contributed by atoms with Crippen LogP contribution >= 0.6 is 0 Å². The number of aromatic carboxylic acids is 1. The molecule has 0 fully saturated rings. The van der Waals surface area contributed by atoms with Gasteiger partial charge >= 0.3 is 5.97 Å². The molecular formula is C15H14N2O4. The third-order valence-electron chi connectivity index (χ3n) is 2.95. The van der Waals surface area contributed by atoms with Crippen molar-refractivity contribution < 1.29 is 19.4 Å². The highest BCUT2D eigenvalue weighted by atomic mass is 16.5. The number of nitrogens with zero attached hydrogens (tertiary/aromatic N) is 1. The van der Waals surface area contributed by atoms with E-state index in [4.69, 9.17) is 9.84 Å². The molecule has 0 unspecified atom stereocenters. The van der Waals surface area contributed by atoms with E-state index in [1.165, 1.54) is 19.4 Å². The van der Waals surface area contributed by atoms with Gasteiger partial charge in [0, 0.05) is 12.3 Å². The van der Waals surface area contributed by atoms with Crippen molar-refractivity contribution in [3.05, 3.63) is 53.2 Å². The van der Waals surface area contributed by atoms with E-state index in [-0.39, 0.29) is 11.3 Å². The van der Waals surface area contributed by atoms with Gasteiger partial charge in [-0.25, -0.2) is 9.78 Å². The number of methoxy groups -OCH3 is 1. The Balaban J connectivity index is 2.29. The van der Waals surface area contributed by atoms with Crippen LogP contribution in [0.25, 0.3) is 0 Å². The number of amides is 1. The number of rotatable bonds is 4. The second-order valence-electron chi connectivity index (χ2n) is 4.35. The summed E-state index contributed by atoms with van der Waals surface area (Å²) < 4.78 is 4.92. The summed E-state index contributed by atoms with van der Waals surface area (Å²) in [6, 6.07) is 7.92. The predicted octanol–water partition coefficient (Wildman–Crippen LogP) is 2.35. The molecule has 1 aromatic carbocycles. The van der Waals surface area contributed by atoms with Crippen LogP contribution in [-0.4, -0.2) is 29.1 Å². The van der Waals surface area contributed by atoms with Crippen LogP contribution in [0.3, 0.4) is 0 Å². The molecule has 2 rings (SSSR count).